The Kier molecular flexibility index (Phi) is 12.2. The number of carbonyl (C=O) groups is 2. The monoisotopic (exact) mass is 849 g/mol. The number of nitrogens with one attached hydrogen (secondary N) is 2. The van der Waals surface area contributed by atoms with E-state index >= 15 is 4.39 Å². The molecular formula is C44H51F4N7O4S. The Balaban J connectivity index is 1.45. The van der Waals surface area contributed by atoms with Crippen LogP contribution in [0, 0.1) is 11.7 Å². The number of rotatable bonds is 11. The van der Waals surface area contributed by atoms with Crippen LogP contribution in [-0.4, -0.2) is 52.2 Å². The van der Waals surface area contributed by atoms with Crippen molar-refractivity contribution >= 4 is 45.6 Å². The molecule has 0 radical (unpaired) electrons. The van der Waals surface area contributed by atoms with Gasteiger partial charge in [0, 0.05) is 46.9 Å². The number of ether oxygens (including phenoxy) is 1. The summed E-state index contributed by atoms with van der Waals surface area (Å²) in [4.78, 5) is 37.8. The van der Waals surface area contributed by atoms with Crippen molar-refractivity contribution in [1.29, 1.82) is 0 Å². The molecule has 16 heteroatoms. The lowest BCUT2D eigenvalue weighted by atomic mass is 9.79. The van der Waals surface area contributed by atoms with E-state index < -0.39 is 68.2 Å². The quantitative estimate of drug-likeness (QED) is 0.0990. The molecule has 6 rings (SSSR count). The summed E-state index contributed by atoms with van der Waals surface area (Å²) < 4.78 is 81.9. The third kappa shape index (κ3) is 9.93. The number of alkyl halides is 3. The lowest BCUT2D eigenvalue weighted by molar-refractivity contribution is -0.141. The van der Waals surface area contributed by atoms with Crippen LogP contribution in [0.2, 0.25) is 0 Å². The third-order valence-electron chi connectivity index (χ3n) is 9.99. The van der Waals surface area contributed by atoms with E-state index in [9.17, 15) is 27.3 Å². The van der Waals surface area contributed by atoms with Crippen molar-refractivity contribution in [2.45, 2.75) is 116 Å². The largest absolute Gasteiger partial charge is 0.598 e. The van der Waals surface area contributed by atoms with Gasteiger partial charge in [-0.15, -0.1) is 4.72 Å². The zero-order valence-corrected chi connectivity index (χ0v) is 36.0. The molecule has 2 aromatic carbocycles. The molecule has 320 valence electrons. The number of amides is 2. The van der Waals surface area contributed by atoms with Crippen LogP contribution in [-0.2, 0) is 27.8 Å². The van der Waals surface area contributed by atoms with Crippen LogP contribution < -0.4 is 14.9 Å². The summed E-state index contributed by atoms with van der Waals surface area (Å²) in [5.41, 5.74) is -3.81. The van der Waals surface area contributed by atoms with E-state index in [1.165, 1.54) is 35.4 Å². The van der Waals surface area contributed by atoms with Crippen LogP contribution in [0.25, 0.3) is 16.5 Å². The SMILES string of the molecule is CC(C)(C)OC(=O)N(c1nccc2ccc(-n3nc(C(F)(F)F)cc3C(=O)Nc3cc([C@@](CCC4CC4)(N[S+]([O-])C(C)(C)C)c4ccncc4)ccc3F)cc12)C(C)(C)C. The lowest BCUT2D eigenvalue weighted by Crippen LogP contribution is -2.52. The zero-order valence-electron chi connectivity index (χ0n) is 35.2. The van der Waals surface area contributed by atoms with Crippen molar-refractivity contribution in [2.75, 3.05) is 10.2 Å². The van der Waals surface area contributed by atoms with E-state index in [4.69, 9.17) is 4.74 Å². The smallest absolute Gasteiger partial charge is 0.435 e. The first kappa shape index (κ1) is 44.5. The highest BCUT2D eigenvalue weighted by atomic mass is 32.2. The Morgan fingerprint density at radius 1 is 0.900 bits per heavy atom. The van der Waals surface area contributed by atoms with Gasteiger partial charge in [-0.1, -0.05) is 25.0 Å². The lowest BCUT2D eigenvalue weighted by Gasteiger charge is -2.38. The summed E-state index contributed by atoms with van der Waals surface area (Å²) in [5.74, 6) is -1.29. The van der Waals surface area contributed by atoms with E-state index in [1.54, 1.807) is 84.3 Å². The highest BCUT2D eigenvalue weighted by molar-refractivity contribution is 7.90. The second-order valence-electron chi connectivity index (χ2n) is 18.1. The van der Waals surface area contributed by atoms with Gasteiger partial charge in [0.2, 0.25) is 0 Å². The summed E-state index contributed by atoms with van der Waals surface area (Å²) >= 11 is -1.61. The number of benzene rings is 2. The molecule has 5 aromatic rings. The highest BCUT2D eigenvalue weighted by Gasteiger charge is 2.44. The molecule has 2 amide bonds. The molecule has 1 unspecified atom stereocenters. The third-order valence-corrected chi connectivity index (χ3v) is 11.6. The van der Waals surface area contributed by atoms with E-state index in [1.807, 2.05) is 20.8 Å². The number of aromatic nitrogens is 4. The Morgan fingerprint density at radius 2 is 1.58 bits per heavy atom. The molecule has 1 aliphatic rings. The van der Waals surface area contributed by atoms with Crippen molar-refractivity contribution in [3.8, 4) is 5.69 Å². The van der Waals surface area contributed by atoms with Crippen molar-refractivity contribution in [2.24, 2.45) is 5.92 Å². The maximum Gasteiger partial charge on any atom is 0.435 e. The van der Waals surface area contributed by atoms with E-state index in [0.717, 1.165) is 29.5 Å². The molecule has 3 aromatic heterocycles. The number of fused-ring (bicyclic) bond motifs is 1. The van der Waals surface area contributed by atoms with E-state index in [0.29, 0.717) is 34.7 Å². The number of pyridine rings is 2. The van der Waals surface area contributed by atoms with E-state index in [2.05, 4.69) is 25.1 Å². The maximum atomic E-state index is 15.8. The van der Waals surface area contributed by atoms with Gasteiger partial charge in [0.15, 0.2) is 5.69 Å². The Bertz CT molecular complexity index is 2370. The summed E-state index contributed by atoms with van der Waals surface area (Å²) in [5, 5.41) is 7.28. The number of halogens is 4. The molecule has 11 nitrogen and oxygen atoms in total. The molecule has 60 heavy (non-hydrogen) atoms. The van der Waals surface area contributed by atoms with Gasteiger partial charge in [-0.25, -0.2) is 18.9 Å². The Morgan fingerprint density at radius 3 is 2.18 bits per heavy atom. The highest BCUT2D eigenvalue weighted by Crippen LogP contribution is 2.43. The second-order valence-corrected chi connectivity index (χ2v) is 20.1. The van der Waals surface area contributed by atoms with Crippen molar-refractivity contribution in [1.82, 2.24) is 24.5 Å². The number of hydrogen-bond donors (Lipinski definition) is 2. The molecular weight excluding hydrogens is 799 g/mol. The van der Waals surface area contributed by atoms with Gasteiger partial charge in [-0.3, -0.25) is 14.7 Å². The Labute approximate surface area is 350 Å². The molecule has 0 aliphatic heterocycles. The predicted molar refractivity (Wildman–Crippen MR) is 225 cm³/mol. The van der Waals surface area contributed by atoms with Gasteiger partial charge in [0.1, 0.15) is 33.2 Å². The van der Waals surface area contributed by atoms with Crippen LogP contribution >= 0.6 is 0 Å². The normalized spacial score (nSPS) is 15.4. The molecule has 3 heterocycles. The molecule has 0 bridgehead atoms. The maximum absolute atomic E-state index is 15.8. The fourth-order valence-electron chi connectivity index (χ4n) is 6.79. The first-order valence-electron chi connectivity index (χ1n) is 19.7. The fraction of sp³-hybridized carbons (Fsp3) is 0.432. The average Bonchev–Trinajstić information content (AvgIpc) is 3.86. The minimum atomic E-state index is -4.95. The molecule has 1 fully saturated rings. The second kappa shape index (κ2) is 16.4. The average molecular weight is 850 g/mol. The number of nitrogens with zero attached hydrogens (tertiary/aromatic N) is 5. The molecule has 0 saturated heterocycles. The van der Waals surface area contributed by atoms with Crippen LogP contribution in [0.5, 0.6) is 0 Å². The first-order chi connectivity index (χ1) is 27.9. The summed E-state index contributed by atoms with van der Waals surface area (Å²) in [6.07, 6.45) is 2.44. The van der Waals surface area contributed by atoms with Gasteiger partial charge in [0.25, 0.3) is 5.91 Å². The van der Waals surface area contributed by atoms with Crippen LogP contribution in [0.3, 0.4) is 0 Å². The number of anilines is 2. The minimum absolute atomic E-state index is 0.0373. The van der Waals surface area contributed by atoms with Crippen molar-refractivity contribution < 1.29 is 36.4 Å². The molecule has 2 N–H and O–H groups in total. The molecule has 1 saturated carbocycles. The molecule has 0 spiro atoms. The van der Waals surface area contributed by atoms with E-state index in [-0.39, 0.29) is 17.2 Å². The molecule has 2 atom stereocenters. The van der Waals surface area contributed by atoms with Crippen LogP contribution in [0.15, 0.2) is 79.3 Å². The first-order valence-corrected chi connectivity index (χ1v) is 20.8. The van der Waals surface area contributed by atoms with Gasteiger partial charge >= 0.3 is 12.3 Å². The van der Waals surface area contributed by atoms with Crippen molar-refractivity contribution in [3.63, 3.8) is 0 Å². The minimum Gasteiger partial charge on any atom is -0.598 e. The van der Waals surface area contributed by atoms with Crippen LogP contribution in [0.4, 0.5) is 33.9 Å². The van der Waals surface area contributed by atoms with Crippen molar-refractivity contribution in [3.05, 3.63) is 108 Å². The van der Waals surface area contributed by atoms with Gasteiger partial charge < -0.3 is 14.6 Å². The summed E-state index contributed by atoms with van der Waals surface area (Å²) in [7, 11) is 0. The number of hydrogen-bond acceptors (Lipinski definition) is 8. The fourth-order valence-corrected chi connectivity index (χ4v) is 7.75. The van der Waals surface area contributed by atoms with Gasteiger partial charge in [-0.05, 0) is 140 Å². The standard InChI is InChI=1S/C44H51F4N7O4S/c1-40(2,3)54(39(57)59-41(4,5)6)37-32-25-31(14-12-28(32)17-23-50-37)55-35(26-36(52-55)44(46,47)48)38(56)51-34-24-30(13-15-33(34)45)43(20-16-27-10-11-27,29-18-21-49-22-19-29)53-60(58)42(7,8)9/h12-15,17-19,21-27,53H,10-11,16,20H2,1-9H3,(H,51,56)/t43-,60?/m0/s1. The summed E-state index contributed by atoms with van der Waals surface area (Å²) in [6.45, 7) is 16.0. The van der Waals surface area contributed by atoms with Crippen LogP contribution in [0.1, 0.15) is 115 Å². The Hall–Kier alpha value is -5.06. The number of carbonyl (C=O) groups excluding carboxylic acids is 2. The topological polar surface area (TPSA) is 137 Å². The predicted octanol–water partition coefficient (Wildman–Crippen LogP) is 10.3. The molecule has 1 aliphatic carbocycles. The van der Waals surface area contributed by atoms with Gasteiger partial charge in [-0.2, -0.15) is 18.3 Å². The summed E-state index contributed by atoms with van der Waals surface area (Å²) in [6, 6.07) is 14.6. The zero-order chi connectivity index (χ0) is 44.0. The van der Waals surface area contributed by atoms with Gasteiger partial charge in [0.05, 0.1) is 11.4 Å².